The number of carbonyl (C=O) groups excluding carboxylic acids is 2. The van der Waals surface area contributed by atoms with E-state index in [-0.39, 0.29) is 23.1 Å². The van der Waals surface area contributed by atoms with Crippen LogP contribution >= 0.6 is 0 Å². The fourth-order valence-electron chi connectivity index (χ4n) is 2.45. The Hall–Kier alpha value is -2.82. The average molecular weight is 341 g/mol. The number of amides is 1. The molecule has 2 N–H and O–H groups in total. The van der Waals surface area contributed by atoms with Gasteiger partial charge in [0.2, 0.25) is 0 Å². The van der Waals surface area contributed by atoms with E-state index in [4.69, 9.17) is 4.74 Å². The Morgan fingerprint density at radius 3 is 2.28 bits per heavy atom. The molecule has 0 heterocycles. The number of para-hydroxylation sites is 1. The zero-order chi connectivity index (χ0) is 18.6. The van der Waals surface area contributed by atoms with Crippen LogP contribution in [0, 0.1) is 6.92 Å². The summed E-state index contributed by atoms with van der Waals surface area (Å²) < 4.78 is 5.22. The number of aromatic hydroxyl groups is 1. The summed E-state index contributed by atoms with van der Waals surface area (Å²) in [5, 5.41) is 12.1. The summed E-state index contributed by atoms with van der Waals surface area (Å²) in [7, 11) is 0. The number of benzene rings is 2. The molecule has 0 spiro atoms. The van der Waals surface area contributed by atoms with E-state index >= 15 is 0 Å². The Morgan fingerprint density at radius 1 is 1.04 bits per heavy atom. The van der Waals surface area contributed by atoms with Crippen molar-refractivity contribution in [2.75, 3.05) is 5.32 Å². The Bertz CT molecular complexity index is 766. The number of phenols is 1. The third kappa shape index (κ3) is 4.59. The van der Waals surface area contributed by atoms with Gasteiger partial charge in [-0.15, -0.1) is 0 Å². The van der Waals surface area contributed by atoms with Crippen molar-refractivity contribution < 1.29 is 19.4 Å². The summed E-state index contributed by atoms with van der Waals surface area (Å²) in [6, 6.07) is 11.5. The molecular formula is C20H23NO4. The van der Waals surface area contributed by atoms with E-state index in [1.54, 1.807) is 0 Å². The van der Waals surface area contributed by atoms with Crippen molar-refractivity contribution in [3.63, 3.8) is 0 Å². The van der Waals surface area contributed by atoms with Crippen LogP contribution < -0.4 is 5.32 Å². The van der Waals surface area contributed by atoms with E-state index in [1.165, 1.54) is 31.2 Å². The van der Waals surface area contributed by atoms with Crippen LogP contribution in [-0.2, 0) is 9.53 Å². The maximum absolute atomic E-state index is 12.4. The van der Waals surface area contributed by atoms with Gasteiger partial charge in [-0.3, -0.25) is 4.79 Å². The zero-order valence-electron chi connectivity index (χ0n) is 14.9. The van der Waals surface area contributed by atoms with Crippen molar-refractivity contribution in [2.24, 2.45) is 0 Å². The highest BCUT2D eigenvalue weighted by molar-refractivity contribution is 5.98. The Morgan fingerprint density at radius 2 is 1.68 bits per heavy atom. The number of hydrogen-bond donors (Lipinski definition) is 2. The predicted molar refractivity (Wildman–Crippen MR) is 96.9 cm³/mol. The van der Waals surface area contributed by atoms with E-state index in [0.717, 1.165) is 16.8 Å². The van der Waals surface area contributed by atoms with Crippen LogP contribution in [0.15, 0.2) is 42.5 Å². The number of anilines is 1. The van der Waals surface area contributed by atoms with E-state index in [2.05, 4.69) is 19.2 Å². The van der Waals surface area contributed by atoms with Gasteiger partial charge in [-0.2, -0.15) is 0 Å². The van der Waals surface area contributed by atoms with Gasteiger partial charge >= 0.3 is 5.97 Å². The average Bonchev–Trinajstić information content (AvgIpc) is 2.56. The van der Waals surface area contributed by atoms with Crippen molar-refractivity contribution >= 4 is 17.6 Å². The number of nitrogens with one attached hydrogen (secondary N) is 1. The number of aryl methyl sites for hydroxylation is 1. The molecule has 132 valence electrons. The second-order valence-electron chi connectivity index (χ2n) is 6.28. The number of carbonyl (C=O) groups is 2. The highest BCUT2D eigenvalue weighted by Crippen LogP contribution is 2.27. The second kappa shape index (κ2) is 7.83. The Kier molecular flexibility index (Phi) is 5.80. The monoisotopic (exact) mass is 341 g/mol. The van der Waals surface area contributed by atoms with Crippen LogP contribution in [0.5, 0.6) is 5.75 Å². The van der Waals surface area contributed by atoms with Crippen molar-refractivity contribution in [3.05, 3.63) is 59.2 Å². The summed E-state index contributed by atoms with van der Waals surface area (Å²) in [6.45, 7) is 7.56. The van der Waals surface area contributed by atoms with Gasteiger partial charge in [-0.1, -0.05) is 32.0 Å². The van der Waals surface area contributed by atoms with Crippen molar-refractivity contribution in [2.45, 2.75) is 39.7 Å². The van der Waals surface area contributed by atoms with Crippen LogP contribution in [-0.4, -0.2) is 23.1 Å². The van der Waals surface area contributed by atoms with Crippen molar-refractivity contribution in [1.29, 1.82) is 0 Å². The van der Waals surface area contributed by atoms with E-state index in [9.17, 15) is 14.7 Å². The first kappa shape index (κ1) is 18.5. The minimum Gasteiger partial charge on any atom is -0.508 e. The van der Waals surface area contributed by atoms with Gasteiger partial charge < -0.3 is 15.2 Å². The minimum atomic E-state index is -0.944. The Balaban J connectivity index is 2.08. The number of rotatable bonds is 5. The molecule has 1 atom stereocenters. The molecule has 1 amide bonds. The smallest absolute Gasteiger partial charge is 0.338 e. The molecule has 0 bridgehead atoms. The third-order valence-corrected chi connectivity index (χ3v) is 3.93. The number of ether oxygens (including phenoxy) is 1. The number of hydrogen-bond acceptors (Lipinski definition) is 4. The predicted octanol–water partition coefficient (Wildman–Crippen LogP) is 4.01. The lowest BCUT2D eigenvalue weighted by atomic mass is 9.98. The van der Waals surface area contributed by atoms with Crippen LogP contribution in [0.3, 0.4) is 0 Å². The number of esters is 1. The zero-order valence-corrected chi connectivity index (χ0v) is 14.9. The summed E-state index contributed by atoms with van der Waals surface area (Å²) >= 11 is 0. The third-order valence-electron chi connectivity index (χ3n) is 3.93. The molecule has 0 aliphatic rings. The van der Waals surface area contributed by atoms with Gasteiger partial charge in [0.1, 0.15) is 5.75 Å². The standard InChI is InChI=1S/C20H23NO4/c1-12(2)17-7-5-6-13(3)18(17)21-19(23)14(4)25-20(24)15-8-10-16(22)11-9-15/h5-12,14,22H,1-4H3,(H,21,23)/t14-/m1/s1. The first-order valence-corrected chi connectivity index (χ1v) is 8.20. The molecule has 2 aromatic carbocycles. The van der Waals surface area contributed by atoms with E-state index < -0.39 is 12.1 Å². The minimum absolute atomic E-state index is 0.0584. The molecule has 2 aromatic rings. The van der Waals surface area contributed by atoms with Gasteiger partial charge in [0, 0.05) is 5.69 Å². The fourth-order valence-corrected chi connectivity index (χ4v) is 2.45. The molecule has 5 nitrogen and oxygen atoms in total. The van der Waals surface area contributed by atoms with E-state index in [0.29, 0.717) is 0 Å². The molecule has 0 unspecified atom stereocenters. The molecule has 5 heteroatoms. The first-order chi connectivity index (χ1) is 11.8. The molecule has 2 rings (SSSR count). The quantitative estimate of drug-likeness (QED) is 0.806. The fraction of sp³-hybridized carbons (Fsp3) is 0.300. The lowest BCUT2D eigenvalue weighted by Crippen LogP contribution is -2.30. The Labute approximate surface area is 147 Å². The lowest BCUT2D eigenvalue weighted by Gasteiger charge is -2.19. The SMILES string of the molecule is Cc1cccc(C(C)C)c1NC(=O)[C@@H](C)OC(=O)c1ccc(O)cc1. The van der Waals surface area contributed by atoms with Gasteiger partial charge in [0.05, 0.1) is 5.56 Å². The summed E-state index contributed by atoms with van der Waals surface area (Å²) in [4.78, 5) is 24.5. The second-order valence-corrected chi connectivity index (χ2v) is 6.28. The highest BCUT2D eigenvalue weighted by Gasteiger charge is 2.21. The van der Waals surface area contributed by atoms with E-state index in [1.807, 2.05) is 25.1 Å². The number of phenolic OH excluding ortho intramolecular Hbond substituents is 1. The topological polar surface area (TPSA) is 75.6 Å². The van der Waals surface area contributed by atoms with Gasteiger partial charge in [0.25, 0.3) is 5.91 Å². The molecule has 0 aromatic heterocycles. The van der Waals surface area contributed by atoms with Gasteiger partial charge in [0.15, 0.2) is 6.10 Å². The summed E-state index contributed by atoms with van der Waals surface area (Å²) in [5.41, 5.74) is 3.02. The van der Waals surface area contributed by atoms with Crippen LogP contribution in [0.1, 0.15) is 48.2 Å². The normalized spacial score (nSPS) is 11.9. The molecule has 25 heavy (non-hydrogen) atoms. The van der Waals surface area contributed by atoms with Crippen LogP contribution in [0.25, 0.3) is 0 Å². The molecule has 0 aliphatic carbocycles. The van der Waals surface area contributed by atoms with Gasteiger partial charge in [-0.05, 0) is 55.2 Å². The molecule has 0 radical (unpaired) electrons. The van der Waals surface area contributed by atoms with Gasteiger partial charge in [-0.25, -0.2) is 4.79 Å². The molecule has 0 saturated carbocycles. The highest BCUT2D eigenvalue weighted by atomic mass is 16.5. The molecule has 0 fully saturated rings. The maximum atomic E-state index is 12.4. The summed E-state index contributed by atoms with van der Waals surface area (Å²) in [6.07, 6.45) is -0.944. The van der Waals surface area contributed by atoms with Crippen molar-refractivity contribution in [3.8, 4) is 5.75 Å². The molecular weight excluding hydrogens is 318 g/mol. The lowest BCUT2D eigenvalue weighted by molar-refractivity contribution is -0.123. The van der Waals surface area contributed by atoms with Crippen LogP contribution in [0.4, 0.5) is 5.69 Å². The largest absolute Gasteiger partial charge is 0.508 e. The molecule has 0 saturated heterocycles. The van der Waals surface area contributed by atoms with Crippen LogP contribution in [0.2, 0.25) is 0 Å². The first-order valence-electron chi connectivity index (χ1n) is 8.20. The summed E-state index contributed by atoms with van der Waals surface area (Å²) in [5.74, 6) is -0.687. The van der Waals surface area contributed by atoms with Crippen molar-refractivity contribution in [1.82, 2.24) is 0 Å². The maximum Gasteiger partial charge on any atom is 0.338 e. The molecule has 0 aliphatic heterocycles.